The number of hydrogen-bond donors (Lipinski definition) is 2. The maximum absolute atomic E-state index is 13.4. The molecular formula is C19H17FN2O4. The third-order valence-corrected chi connectivity index (χ3v) is 4.52. The molecule has 1 atom stereocenters. The Morgan fingerprint density at radius 2 is 2.04 bits per heavy atom. The summed E-state index contributed by atoms with van der Waals surface area (Å²) in [5, 5.41) is 5.47. The molecule has 0 radical (unpaired) electrons. The third kappa shape index (κ3) is 3.20. The van der Waals surface area contributed by atoms with E-state index in [2.05, 4.69) is 10.6 Å². The molecule has 2 aliphatic rings. The molecule has 4 rings (SSSR count). The van der Waals surface area contributed by atoms with E-state index in [1.807, 2.05) is 18.2 Å². The lowest BCUT2D eigenvalue weighted by Gasteiger charge is -2.24. The van der Waals surface area contributed by atoms with Crippen molar-refractivity contribution in [3.8, 4) is 11.5 Å². The Labute approximate surface area is 149 Å². The molecular weight excluding hydrogens is 339 g/mol. The SMILES string of the molecule is O=C1C[C@@H](C(=O)NCCc2ccc3c(c2)OCO3)c2ccc(F)cc2N1. The first kappa shape index (κ1) is 16.4. The van der Waals surface area contributed by atoms with Crippen molar-refractivity contribution in [3.63, 3.8) is 0 Å². The fourth-order valence-corrected chi connectivity index (χ4v) is 3.22. The maximum atomic E-state index is 13.4. The van der Waals surface area contributed by atoms with Gasteiger partial charge < -0.3 is 20.1 Å². The summed E-state index contributed by atoms with van der Waals surface area (Å²) in [5.41, 5.74) is 2.00. The van der Waals surface area contributed by atoms with Gasteiger partial charge in [-0.3, -0.25) is 9.59 Å². The van der Waals surface area contributed by atoms with Crippen molar-refractivity contribution in [1.82, 2.24) is 5.32 Å². The second-order valence-electron chi connectivity index (χ2n) is 6.27. The van der Waals surface area contributed by atoms with E-state index in [1.54, 1.807) is 6.07 Å². The largest absolute Gasteiger partial charge is 0.454 e. The number of ether oxygens (including phenoxy) is 2. The van der Waals surface area contributed by atoms with Crippen LogP contribution in [0.25, 0.3) is 0 Å². The van der Waals surface area contributed by atoms with E-state index in [4.69, 9.17) is 9.47 Å². The fourth-order valence-electron chi connectivity index (χ4n) is 3.22. The topological polar surface area (TPSA) is 76.7 Å². The Morgan fingerprint density at radius 3 is 2.92 bits per heavy atom. The van der Waals surface area contributed by atoms with Crippen LogP contribution in [-0.2, 0) is 16.0 Å². The van der Waals surface area contributed by atoms with Crippen LogP contribution in [0.2, 0.25) is 0 Å². The molecule has 0 saturated carbocycles. The van der Waals surface area contributed by atoms with Gasteiger partial charge in [0.25, 0.3) is 0 Å². The van der Waals surface area contributed by atoms with E-state index in [1.165, 1.54) is 12.1 Å². The lowest BCUT2D eigenvalue weighted by Crippen LogP contribution is -2.36. The van der Waals surface area contributed by atoms with Crippen molar-refractivity contribution in [1.29, 1.82) is 0 Å². The smallest absolute Gasteiger partial charge is 0.231 e. The number of carbonyl (C=O) groups excluding carboxylic acids is 2. The van der Waals surface area contributed by atoms with Gasteiger partial charge in [0.1, 0.15) is 5.82 Å². The van der Waals surface area contributed by atoms with Gasteiger partial charge in [-0.05, 0) is 41.8 Å². The Kier molecular flexibility index (Phi) is 4.20. The number of carbonyl (C=O) groups is 2. The van der Waals surface area contributed by atoms with Crippen molar-refractivity contribution in [2.24, 2.45) is 0 Å². The summed E-state index contributed by atoms with van der Waals surface area (Å²) in [6, 6.07) is 9.73. The van der Waals surface area contributed by atoms with Crippen LogP contribution < -0.4 is 20.1 Å². The Morgan fingerprint density at radius 1 is 1.19 bits per heavy atom. The summed E-state index contributed by atoms with van der Waals surface area (Å²) in [6.07, 6.45) is 0.673. The normalized spacial score (nSPS) is 17.4. The fraction of sp³-hybridized carbons (Fsp3) is 0.263. The van der Waals surface area contributed by atoms with Crippen LogP contribution in [0.1, 0.15) is 23.5 Å². The molecule has 0 unspecified atom stereocenters. The van der Waals surface area contributed by atoms with Crippen LogP contribution in [0, 0.1) is 5.82 Å². The van der Waals surface area contributed by atoms with Gasteiger partial charge in [-0.2, -0.15) is 0 Å². The predicted molar refractivity (Wildman–Crippen MR) is 91.7 cm³/mol. The average molecular weight is 356 g/mol. The minimum atomic E-state index is -0.615. The molecule has 0 aliphatic carbocycles. The van der Waals surface area contributed by atoms with Gasteiger partial charge in [-0.15, -0.1) is 0 Å². The first-order chi connectivity index (χ1) is 12.6. The van der Waals surface area contributed by atoms with Gasteiger partial charge >= 0.3 is 0 Å². The molecule has 2 aromatic rings. The lowest BCUT2D eigenvalue weighted by atomic mass is 9.89. The Bertz CT molecular complexity index is 884. The first-order valence-electron chi connectivity index (χ1n) is 8.36. The second-order valence-corrected chi connectivity index (χ2v) is 6.27. The highest BCUT2D eigenvalue weighted by molar-refractivity contribution is 6.01. The second kappa shape index (κ2) is 6.67. The molecule has 26 heavy (non-hydrogen) atoms. The minimum Gasteiger partial charge on any atom is -0.454 e. The number of halogens is 1. The van der Waals surface area contributed by atoms with Gasteiger partial charge in [0.2, 0.25) is 18.6 Å². The molecule has 2 aromatic carbocycles. The van der Waals surface area contributed by atoms with Crippen molar-refractivity contribution in [2.45, 2.75) is 18.8 Å². The molecule has 2 amide bonds. The Balaban J connectivity index is 1.40. The number of nitrogens with one attached hydrogen (secondary N) is 2. The van der Waals surface area contributed by atoms with Crippen LogP contribution in [0.3, 0.4) is 0 Å². The summed E-state index contributed by atoms with van der Waals surface area (Å²) in [4.78, 5) is 24.4. The van der Waals surface area contributed by atoms with Crippen LogP contribution >= 0.6 is 0 Å². The number of amides is 2. The van der Waals surface area contributed by atoms with Gasteiger partial charge in [-0.25, -0.2) is 4.39 Å². The molecule has 0 bridgehead atoms. The highest BCUT2D eigenvalue weighted by atomic mass is 19.1. The van der Waals surface area contributed by atoms with Crippen LogP contribution in [0.5, 0.6) is 11.5 Å². The number of rotatable bonds is 4. The van der Waals surface area contributed by atoms with Crippen molar-refractivity contribution in [3.05, 3.63) is 53.3 Å². The Hall–Kier alpha value is -3.09. The van der Waals surface area contributed by atoms with Crippen LogP contribution in [0.4, 0.5) is 10.1 Å². The summed E-state index contributed by atoms with van der Waals surface area (Å²) < 4.78 is 24.0. The predicted octanol–water partition coefficient (Wildman–Crippen LogP) is 2.34. The summed E-state index contributed by atoms with van der Waals surface area (Å²) in [6.45, 7) is 0.645. The quantitative estimate of drug-likeness (QED) is 0.882. The molecule has 0 aromatic heterocycles. The van der Waals surface area contributed by atoms with Gasteiger partial charge in [0, 0.05) is 18.7 Å². The first-order valence-corrected chi connectivity index (χ1v) is 8.36. The van der Waals surface area contributed by atoms with Crippen molar-refractivity contribution in [2.75, 3.05) is 18.7 Å². The molecule has 7 heteroatoms. The van der Waals surface area contributed by atoms with E-state index in [0.29, 0.717) is 30.0 Å². The summed E-state index contributed by atoms with van der Waals surface area (Å²) in [5.74, 6) is -0.180. The lowest BCUT2D eigenvalue weighted by molar-refractivity contribution is -0.126. The van der Waals surface area contributed by atoms with Crippen molar-refractivity contribution >= 4 is 17.5 Å². The zero-order chi connectivity index (χ0) is 18.1. The van der Waals surface area contributed by atoms with E-state index in [9.17, 15) is 14.0 Å². The highest BCUT2D eigenvalue weighted by Gasteiger charge is 2.30. The zero-order valence-electron chi connectivity index (χ0n) is 13.9. The van der Waals surface area contributed by atoms with E-state index in [-0.39, 0.29) is 25.0 Å². The third-order valence-electron chi connectivity index (χ3n) is 4.52. The molecule has 2 aliphatic heterocycles. The number of hydrogen-bond acceptors (Lipinski definition) is 4. The number of anilines is 1. The molecule has 0 spiro atoms. The average Bonchev–Trinajstić information content (AvgIpc) is 3.08. The molecule has 6 nitrogen and oxygen atoms in total. The summed E-state index contributed by atoms with van der Waals surface area (Å²) in [7, 11) is 0. The zero-order valence-corrected chi connectivity index (χ0v) is 13.9. The molecule has 0 saturated heterocycles. The molecule has 2 heterocycles. The monoisotopic (exact) mass is 356 g/mol. The van der Waals surface area contributed by atoms with E-state index < -0.39 is 11.7 Å². The van der Waals surface area contributed by atoms with E-state index >= 15 is 0 Å². The number of benzene rings is 2. The number of fused-ring (bicyclic) bond motifs is 2. The standard InChI is InChI=1S/C19H17FN2O4/c20-12-2-3-13-14(9-18(23)22-15(13)8-12)19(24)21-6-5-11-1-4-16-17(7-11)26-10-25-16/h1-4,7-8,14H,5-6,9-10H2,(H,21,24)(H,22,23)/t14-/m1/s1. The van der Waals surface area contributed by atoms with E-state index in [0.717, 1.165) is 11.3 Å². The minimum absolute atomic E-state index is 0.0501. The molecule has 2 N–H and O–H groups in total. The van der Waals surface area contributed by atoms with Gasteiger partial charge in [-0.1, -0.05) is 12.1 Å². The molecule has 134 valence electrons. The van der Waals surface area contributed by atoms with Crippen molar-refractivity contribution < 1.29 is 23.5 Å². The van der Waals surface area contributed by atoms with Gasteiger partial charge in [0.05, 0.1) is 5.92 Å². The van der Waals surface area contributed by atoms with Gasteiger partial charge in [0.15, 0.2) is 11.5 Å². The van der Waals surface area contributed by atoms with Crippen LogP contribution in [0.15, 0.2) is 36.4 Å². The molecule has 0 fully saturated rings. The van der Waals surface area contributed by atoms with Crippen LogP contribution in [-0.4, -0.2) is 25.2 Å². The maximum Gasteiger partial charge on any atom is 0.231 e. The highest BCUT2D eigenvalue weighted by Crippen LogP contribution is 2.33. The summed E-state index contributed by atoms with van der Waals surface area (Å²) >= 11 is 0.